The van der Waals surface area contributed by atoms with E-state index in [-0.39, 0.29) is 0 Å². The molecule has 0 aliphatic carbocycles. The summed E-state index contributed by atoms with van der Waals surface area (Å²) in [6, 6.07) is 0. The highest BCUT2D eigenvalue weighted by atomic mass is 32.2. The molecule has 0 aromatic heterocycles. The first kappa shape index (κ1) is 7.31. The maximum Gasteiger partial charge on any atom is 0.108 e. The van der Waals surface area contributed by atoms with Crippen molar-refractivity contribution in [1.82, 2.24) is 0 Å². The zero-order valence-electron chi connectivity index (χ0n) is 4.81. The van der Waals surface area contributed by atoms with E-state index in [9.17, 15) is 4.55 Å². The fourth-order valence-corrected chi connectivity index (χ4v) is 0.851. The highest BCUT2D eigenvalue weighted by molar-refractivity contribution is 7.90. The standard InChI is InChI=1S/C5H11OS/c1-3-4-5-7(2)6/h4H,3,5H2,1-2H3. The molecule has 0 saturated carbocycles. The number of rotatable bonds is 3. The first-order valence-electron chi connectivity index (χ1n) is 2.39. The zero-order valence-corrected chi connectivity index (χ0v) is 5.62. The molecule has 43 valence electrons. The van der Waals surface area contributed by atoms with Gasteiger partial charge in [0, 0.05) is 6.42 Å². The molecule has 0 amide bonds. The average Bonchev–Trinajstić information content (AvgIpc) is 1.61. The summed E-state index contributed by atoms with van der Waals surface area (Å²) < 4.78 is 10.3. The number of hydrogen-bond donors (Lipinski definition) is 0. The molecule has 0 bridgehead atoms. The van der Waals surface area contributed by atoms with Gasteiger partial charge in [-0.15, -0.1) is 0 Å². The quantitative estimate of drug-likeness (QED) is 0.508. The maximum atomic E-state index is 10.3. The van der Waals surface area contributed by atoms with E-state index in [1.54, 1.807) is 6.26 Å². The molecule has 0 aliphatic heterocycles. The van der Waals surface area contributed by atoms with Crippen LogP contribution in [0.2, 0.25) is 0 Å². The lowest BCUT2D eigenvalue weighted by Crippen LogP contribution is -2.02. The molecule has 1 nitrogen and oxygen atoms in total. The van der Waals surface area contributed by atoms with Crippen LogP contribution in [0.15, 0.2) is 0 Å². The Morgan fingerprint density at radius 3 is 2.43 bits per heavy atom. The number of unbranched alkanes of at least 4 members (excludes halogenated alkanes) is 1. The Hall–Kier alpha value is 0.310. The first-order chi connectivity index (χ1) is 3.27. The second-order valence-corrected chi connectivity index (χ2v) is 2.92. The van der Waals surface area contributed by atoms with Crippen molar-refractivity contribution in [1.29, 1.82) is 0 Å². The van der Waals surface area contributed by atoms with Crippen LogP contribution in [0.25, 0.3) is 0 Å². The Morgan fingerprint density at radius 1 is 1.71 bits per heavy atom. The van der Waals surface area contributed by atoms with Gasteiger partial charge in [-0.05, 0) is 6.42 Å². The van der Waals surface area contributed by atoms with Crippen molar-refractivity contribution in [2.45, 2.75) is 13.3 Å². The lowest BCUT2D eigenvalue weighted by Gasteiger charge is -2.00. The third-order valence-corrected chi connectivity index (χ3v) is 1.35. The van der Waals surface area contributed by atoms with Crippen LogP contribution in [0, 0.1) is 6.42 Å². The van der Waals surface area contributed by atoms with Gasteiger partial charge in [-0.1, -0.05) is 18.1 Å². The van der Waals surface area contributed by atoms with Crippen LogP contribution >= 0.6 is 0 Å². The monoisotopic (exact) mass is 119 g/mol. The Balaban J connectivity index is 2.68. The highest BCUT2D eigenvalue weighted by Gasteiger charge is 1.91. The highest BCUT2D eigenvalue weighted by Crippen LogP contribution is 1.89. The molecule has 0 aliphatic rings. The Morgan fingerprint density at radius 2 is 2.29 bits per heavy atom. The molecule has 0 aromatic rings. The third kappa shape index (κ3) is 6.31. The Bertz CT molecular complexity index is 37.1. The predicted octanol–water partition coefficient (Wildman–Crippen LogP) is 0.979. The second kappa shape index (κ2) is 4.47. The molecular weight excluding hydrogens is 108 g/mol. The summed E-state index contributed by atoms with van der Waals surface area (Å²) in [5.74, 6) is 0.747. The molecule has 1 radical (unpaired) electrons. The summed E-state index contributed by atoms with van der Waals surface area (Å²) >= 11 is -0.621. The van der Waals surface area contributed by atoms with E-state index >= 15 is 0 Å². The van der Waals surface area contributed by atoms with Crippen molar-refractivity contribution >= 4 is 11.2 Å². The minimum Gasteiger partial charge on any atom is -0.617 e. The van der Waals surface area contributed by atoms with Gasteiger partial charge in [-0.3, -0.25) is 0 Å². The molecule has 0 N–H and O–H groups in total. The Kier molecular flexibility index (Phi) is 4.67. The van der Waals surface area contributed by atoms with Gasteiger partial charge >= 0.3 is 0 Å². The van der Waals surface area contributed by atoms with Gasteiger partial charge in [-0.25, -0.2) is 0 Å². The molecule has 0 fully saturated rings. The minimum absolute atomic E-state index is 0.621. The lowest BCUT2D eigenvalue weighted by atomic mass is 10.4. The van der Waals surface area contributed by atoms with Crippen LogP contribution in [-0.2, 0) is 11.2 Å². The van der Waals surface area contributed by atoms with Crippen LogP contribution < -0.4 is 0 Å². The molecule has 1 atom stereocenters. The number of hydrogen-bond acceptors (Lipinski definition) is 1. The third-order valence-electron chi connectivity index (χ3n) is 0.641. The van der Waals surface area contributed by atoms with Crippen molar-refractivity contribution in [2.75, 3.05) is 12.0 Å². The van der Waals surface area contributed by atoms with Crippen LogP contribution in [0.3, 0.4) is 0 Å². The van der Waals surface area contributed by atoms with E-state index in [0.29, 0.717) is 0 Å². The van der Waals surface area contributed by atoms with Crippen LogP contribution in [0.1, 0.15) is 13.3 Å². The van der Waals surface area contributed by atoms with Crippen molar-refractivity contribution < 1.29 is 4.55 Å². The first-order valence-corrected chi connectivity index (χ1v) is 4.11. The van der Waals surface area contributed by atoms with Crippen molar-refractivity contribution in [3.05, 3.63) is 6.42 Å². The van der Waals surface area contributed by atoms with E-state index in [1.807, 2.05) is 13.3 Å². The SMILES string of the molecule is CC[CH]C[S+](C)[O-]. The van der Waals surface area contributed by atoms with Crippen LogP contribution in [0.5, 0.6) is 0 Å². The Labute approximate surface area is 48.3 Å². The molecule has 0 rings (SSSR count). The second-order valence-electron chi connectivity index (χ2n) is 1.44. The van der Waals surface area contributed by atoms with Gasteiger partial charge in [-0.2, -0.15) is 0 Å². The smallest absolute Gasteiger partial charge is 0.108 e. The van der Waals surface area contributed by atoms with Crippen LogP contribution in [0.4, 0.5) is 0 Å². The van der Waals surface area contributed by atoms with Gasteiger partial charge in [0.1, 0.15) is 5.75 Å². The predicted molar refractivity (Wildman–Crippen MR) is 33.5 cm³/mol. The van der Waals surface area contributed by atoms with Gasteiger partial charge < -0.3 is 4.55 Å². The van der Waals surface area contributed by atoms with Crippen molar-refractivity contribution in [3.63, 3.8) is 0 Å². The fourth-order valence-electron chi connectivity index (χ4n) is 0.284. The van der Waals surface area contributed by atoms with Gasteiger partial charge in [0.2, 0.25) is 0 Å². The molecule has 0 saturated heterocycles. The summed E-state index contributed by atoms with van der Waals surface area (Å²) in [7, 11) is 0. The lowest BCUT2D eigenvalue weighted by molar-refractivity contribution is 0.602. The molecule has 2 heteroatoms. The van der Waals surface area contributed by atoms with E-state index in [4.69, 9.17) is 0 Å². The molecular formula is C5H11OS. The molecule has 7 heavy (non-hydrogen) atoms. The van der Waals surface area contributed by atoms with Gasteiger partial charge in [0.25, 0.3) is 0 Å². The molecule has 0 heterocycles. The minimum atomic E-state index is -0.621. The van der Waals surface area contributed by atoms with Crippen molar-refractivity contribution in [3.8, 4) is 0 Å². The molecule has 0 aromatic carbocycles. The normalized spacial score (nSPS) is 14.1. The molecule has 1 unspecified atom stereocenters. The van der Waals surface area contributed by atoms with E-state index < -0.39 is 11.2 Å². The van der Waals surface area contributed by atoms with Crippen LogP contribution in [-0.4, -0.2) is 16.6 Å². The van der Waals surface area contributed by atoms with E-state index in [0.717, 1.165) is 12.2 Å². The summed E-state index contributed by atoms with van der Waals surface area (Å²) in [6.45, 7) is 2.05. The fraction of sp³-hybridized carbons (Fsp3) is 0.800. The topological polar surface area (TPSA) is 23.1 Å². The van der Waals surface area contributed by atoms with E-state index in [2.05, 4.69) is 0 Å². The maximum absolute atomic E-state index is 10.3. The average molecular weight is 119 g/mol. The largest absolute Gasteiger partial charge is 0.617 e. The summed E-state index contributed by atoms with van der Waals surface area (Å²) in [6.07, 6.45) is 4.77. The summed E-state index contributed by atoms with van der Waals surface area (Å²) in [5, 5.41) is 0. The molecule has 0 spiro atoms. The van der Waals surface area contributed by atoms with E-state index in [1.165, 1.54) is 0 Å². The van der Waals surface area contributed by atoms with Gasteiger partial charge in [0.15, 0.2) is 0 Å². The summed E-state index contributed by atoms with van der Waals surface area (Å²) in [4.78, 5) is 0. The van der Waals surface area contributed by atoms with Crippen molar-refractivity contribution in [2.24, 2.45) is 0 Å². The van der Waals surface area contributed by atoms with Gasteiger partial charge in [0.05, 0.1) is 6.26 Å². The summed E-state index contributed by atoms with van der Waals surface area (Å²) in [5.41, 5.74) is 0. The zero-order chi connectivity index (χ0) is 5.70.